The van der Waals surface area contributed by atoms with E-state index in [-0.39, 0.29) is 17.6 Å². The first kappa shape index (κ1) is 17.5. The normalized spacial score (nSPS) is 12.2. The van der Waals surface area contributed by atoms with Crippen molar-refractivity contribution in [2.24, 2.45) is 0 Å². The molecule has 0 aliphatic carbocycles. The van der Waals surface area contributed by atoms with Crippen molar-refractivity contribution in [1.82, 2.24) is 15.5 Å². The number of nitrogens with zero attached hydrogens (tertiary/aromatic N) is 1. The van der Waals surface area contributed by atoms with Gasteiger partial charge < -0.3 is 5.32 Å². The fourth-order valence-corrected chi connectivity index (χ4v) is 3.30. The average Bonchev–Trinajstić information content (AvgIpc) is 2.85. The lowest BCUT2D eigenvalue weighted by Crippen LogP contribution is -2.28. The average molecular weight is 335 g/mol. The van der Waals surface area contributed by atoms with E-state index in [4.69, 9.17) is 0 Å². The number of thioether (sulfide) groups is 1. The van der Waals surface area contributed by atoms with Crippen LogP contribution in [0.1, 0.15) is 40.9 Å². The lowest BCUT2D eigenvalue weighted by molar-refractivity contribution is -0.122. The molecule has 2 N–H and O–H groups in total. The number of amides is 1. The van der Waals surface area contributed by atoms with E-state index >= 15 is 0 Å². The van der Waals surface area contributed by atoms with E-state index in [0.717, 1.165) is 33.8 Å². The predicted octanol–water partition coefficient (Wildman–Crippen LogP) is 3.45. The molecule has 2 aromatic rings. The van der Waals surface area contributed by atoms with Gasteiger partial charge in [-0.2, -0.15) is 16.9 Å². The molecular weight excluding hydrogens is 313 g/mol. The maximum Gasteiger partial charge on any atom is 0.227 e. The van der Waals surface area contributed by atoms with Crippen molar-refractivity contribution in [2.45, 2.75) is 39.0 Å². The van der Waals surface area contributed by atoms with Crippen molar-refractivity contribution in [2.75, 3.05) is 6.26 Å². The number of carbonyl (C=O) groups is 1. The molecule has 0 saturated heterocycles. The van der Waals surface area contributed by atoms with E-state index in [1.165, 1.54) is 12.1 Å². The zero-order valence-electron chi connectivity index (χ0n) is 13.9. The maximum absolute atomic E-state index is 13.4. The van der Waals surface area contributed by atoms with Crippen molar-refractivity contribution in [3.8, 4) is 0 Å². The van der Waals surface area contributed by atoms with Gasteiger partial charge in [0.15, 0.2) is 0 Å². The van der Waals surface area contributed by atoms with Crippen LogP contribution < -0.4 is 5.32 Å². The summed E-state index contributed by atoms with van der Waals surface area (Å²) >= 11 is 1.63. The minimum Gasteiger partial charge on any atom is -0.351 e. The summed E-state index contributed by atoms with van der Waals surface area (Å²) in [6.07, 6.45) is 1.97. The lowest BCUT2D eigenvalue weighted by Gasteiger charge is -2.14. The van der Waals surface area contributed by atoms with Crippen LogP contribution in [0.5, 0.6) is 0 Å². The predicted molar refractivity (Wildman–Crippen MR) is 91.9 cm³/mol. The van der Waals surface area contributed by atoms with Crippen molar-refractivity contribution < 1.29 is 9.18 Å². The Bertz CT molecular complexity index is 680. The van der Waals surface area contributed by atoms with Gasteiger partial charge in [-0.15, -0.1) is 0 Å². The molecule has 1 aromatic heterocycles. The first-order valence-electron chi connectivity index (χ1n) is 7.49. The first-order valence-corrected chi connectivity index (χ1v) is 8.88. The van der Waals surface area contributed by atoms with Crippen LogP contribution in [0.3, 0.4) is 0 Å². The number of H-pyrrole nitrogens is 1. The number of halogens is 1. The summed E-state index contributed by atoms with van der Waals surface area (Å²) in [5.41, 5.74) is 4.55. The molecule has 0 bridgehead atoms. The second kappa shape index (κ2) is 7.64. The zero-order valence-corrected chi connectivity index (χ0v) is 14.7. The molecule has 0 saturated carbocycles. The molecule has 1 atom stereocenters. The molecule has 0 aliphatic heterocycles. The fourth-order valence-electron chi connectivity index (χ4n) is 2.72. The largest absolute Gasteiger partial charge is 0.351 e. The Morgan fingerprint density at radius 2 is 2.13 bits per heavy atom. The number of nitrogens with one attached hydrogen (secondary N) is 2. The number of hydrogen-bond acceptors (Lipinski definition) is 3. The Balaban J connectivity index is 2.07. The van der Waals surface area contributed by atoms with Gasteiger partial charge in [0, 0.05) is 23.6 Å². The molecule has 0 fully saturated rings. The summed E-state index contributed by atoms with van der Waals surface area (Å²) < 4.78 is 13.4. The maximum atomic E-state index is 13.4. The van der Waals surface area contributed by atoms with Crippen LogP contribution in [-0.4, -0.2) is 22.4 Å². The van der Waals surface area contributed by atoms with Crippen molar-refractivity contribution >= 4 is 17.7 Å². The number of benzene rings is 1. The summed E-state index contributed by atoms with van der Waals surface area (Å²) in [5.74, 6) is 0.135. The highest BCUT2D eigenvalue weighted by Gasteiger charge is 2.21. The van der Waals surface area contributed by atoms with Gasteiger partial charge in [-0.1, -0.05) is 6.07 Å². The Labute approximate surface area is 140 Å². The highest BCUT2D eigenvalue weighted by molar-refractivity contribution is 7.97. The van der Waals surface area contributed by atoms with E-state index in [0.29, 0.717) is 6.54 Å². The van der Waals surface area contributed by atoms with Crippen LogP contribution in [0.15, 0.2) is 18.2 Å². The molecule has 6 heteroatoms. The van der Waals surface area contributed by atoms with Crippen LogP contribution in [0.4, 0.5) is 4.39 Å². The molecule has 1 amide bonds. The van der Waals surface area contributed by atoms with Gasteiger partial charge in [0.25, 0.3) is 0 Å². The second-order valence-corrected chi connectivity index (χ2v) is 6.50. The fraction of sp³-hybridized carbons (Fsp3) is 0.412. The van der Waals surface area contributed by atoms with E-state index < -0.39 is 0 Å². The number of aryl methyl sites for hydroxylation is 2. The van der Waals surface area contributed by atoms with Gasteiger partial charge in [0.05, 0.1) is 11.6 Å². The highest BCUT2D eigenvalue weighted by Crippen LogP contribution is 2.22. The quantitative estimate of drug-likeness (QED) is 0.850. The van der Waals surface area contributed by atoms with Gasteiger partial charge in [-0.25, -0.2) is 4.39 Å². The third-order valence-corrected chi connectivity index (χ3v) is 4.53. The zero-order chi connectivity index (χ0) is 17.0. The number of aromatic amines is 1. The van der Waals surface area contributed by atoms with E-state index in [1.807, 2.05) is 27.0 Å². The standard InChI is InChI=1S/C17H22FN3OS/c1-10(16-11(2)20-21-12(16)3)17(22)19-8-13-5-6-15(18)7-14(13)9-23-4/h5-7,10H,8-9H2,1-4H3,(H,19,22)(H,20,21)/t10-/m0/s1. The van der Waals surface area contributed by atoms with Gasteiger partial charge >= 0.3 is 0 Å². The number of hydrogen-bond donors (Lipinski definition) is 2. The third-order valence-electron chi connectivity index (χ3n) is 3.93. The summed E-state index contributed by atoms with van der Waals surface area (Å²) in [6, 6.07) is 4.70. The molecule has 124 valence electrons. The molecule has 23 heavy (non-hydrogen) atoms. The Morgan fingerprint density at radius 3 is 2.74 bits per heavy atom. The minimum atomic E-state index is -0.279. The molecule has 1 aromatic carbocycles. The molecule has 1 heterocycles. The van der Waals surface area contributed by atoms with Gasteiger partial charge in [-0.3, -0.25) is 9.89 Å². The van der Waals surface area contributed by atoms with E-state index in [1.54, 1.807) is 17.8 Å². The molecule has 0 unspecified atom stereocenters. The molecule has 0 aliphatic rings. The van der Waals surface area contributed by atoms with E-state index in [2.05, 4.69) is 15.5 Å². The molecular formula is C17H22FN3OS. The smallest absolute Gasteiger partial charge is 0.227 e. The van der Waals surface area contributed by atoms with Gasteiger partial charge in [0.2, 0.25) is 5.91 Å². The minimum absolute atomic E-state index is 0.0583. The summed E-state index contributed by atoms with van der Waals surface area (Å²) in [6.45, 7) is 6.07. The molecule has 4 nitrogen and oxygen atoms in total. The van der Waals surface area contributed by atoms with Crippen LogP contribution in [-0.2, 0) is 17.1 Å². The van der Waals surface area contributed by atoms with Gasteiger partial charge in [0.1, 0.15) is 5.82 Å². The third kappa shape index (κ3) is 4.13. The number of carbonyl (C=O) groups excluding carboxylic acids is 1. The van der Waals surface area contributed by atoms with Gasteiger partial charge in [-0.05, 0) is 50.3 Å². The molecule has 2 rings (SSSR count). The van der Waals surface area contributed by atoms with E-state index in [9.17, 15) is 9.18 Å². The summed E-state index contributed by atoms with van der Waals surface area (Å²) in [5, 5.41) is 9.99. The Kier molecular flexibility index (Phi) is 5.82. The SMILES string of the molecule is CSCc1cc(F)ccc1CNC(=O)[C@@H](C)c1c(C)n[nH]c1C. The highest BCUT2D eigenvalue weighted by atomic mass is 32.2. The van der Waals surface area contributed by atoms with Crippen molar-refractivity contribution in [1.29, 1.82) is 0 Å². The van der Waals surface area contributed by atoms with Crippen molar-refractivity contribution in [3.05, 3.63) is 52.1 Å². The molecule has 0 spiro atoms. The monoisotopic (exact) mass is 335 g/mol. The van der Waals surface area contributed by atoms with Crippen molar-refractivity contribution in [3.63, 3.8) is 0 Å². The van der Waals surface area contributed by atoms with Crippen LogP contribution >= 0.6 is 11.8 Å². The first-order chi connectivity index (χ1) is 10.9. The Hall–Kier alpha value is -1.82. The lowest BCUT2D eigenvalue weighted by atomic mass is 9.98. The topological polar surface area (TPSA) is 57.8 Å². The summed E-state index contributed by atoms with van der Waals surface area (Å²) in [4.78, 5) is 12.4. The van der Waals surface area contributed by atoms with Crippen LogP contribution in [0.2, 0.25) is 0 Å². The molecule has 0 radical (unpaired) electrons. The van der Waals surface area contributed by atoms with Crippen LogP contribution in [0, 0.1) is 19.7 Å². The Morgan fingerprint density at radius 1 is 1.39 bits per heavy atom. The number of aromatic nitrogens is 2. The number of rotatable bonds is 6. The second-order valence-electron chi connectivity index (χ2n) is 5.63. The van der Waals surface area contributed by atoms with Crippen LogP contribution in [0.25, 0.3) is 0 Å². The summed E-state index contributed by atoms with van der Waals surface area (Å²) in [7, 11) is 0.